The van der Waals surface area contributed by atoms with E-state index in [0.717, 1.165) is 25.2 Å². The van der Waals surface area contributed by atoms with Crippen molar-refractivity contribution in [2.24, 2.45) is 5.92 Å². The number of piperidine rings is 1. The maximum absolute atomic E-state index is 11.5. The van der Waals surface area contributed by atoms with Gasteiger partial charge in [-0.3, -0.25) is 10.1 Å². The van der Waals surface area contributed by atoms with Gasteiger partial charge in [-0.1, -0.05) is 0 Å². The second kappa shape index (κ2) is 5.98. The maximum Gasteiger partial charge on any atom is 0.293 e. The number of sulfone groups is 1. The molecule has 2 rings (SSSR count). The number of anilines is 1. The van der Waals surface area contributed by atoms with Crippen LogP contribution >= 0.6 is 0 Å². The Morgan fingerprint density at radius 3 is 2.76 bits per heavy atom. The molecule has 0 bridgehead atoms. The number of nitrogens with zero attached hydrogens (tertiary/aromatic N) is 2. The molecule has 1 aliphatic rings. The van der Waals surface area contributed by atoms with Gasteiger partial charge in [-0.15, -0.1) is 0 Å². The first-order chi connectivity index (χ1) is 9.82. The molecule has 21 heavy (non-hydrogen) atoms. The van der Waals surface area contributed by atoms with Crippen LogP contribution in [0.2, 0.25) is 0 Å². The highest BCUT2D eigenvalue weighted by Gasteiger charge is 2.26. The van der Waals surface area contributed by atoms with E-state index >= 15 is 0 Å². The van der Waals surface area contributed by atoms with Gasteiger partial charge in [0.2, 0.25) is 0 Å². The van der Waals surface area contributed by atoms with Crippen LogP contribution in [0.1, 0.15) is 12.8 Å². The fourth-order valence-electron chi connectivity index (χ4n) is 2.58. The summed E-state index contributed by atoms with van der Waals surface area (Å²) in [4.78, 5) is 12.4. The number of hydrogen-bond acceptors (Lipinski definition) is 6. The van der Waals surface area contributed by atoms with E-state index in [1.165, 1.54) is 12.1 Å². The molecule has 116 valence electrons. The molecule has 1 fully saturated rings. The summed E-state index contributed by atoms with van der Waals surface area (Å²) in [5, 5.41) is 20.5. The van der Waals surface area contributed by atoms with Crippen LogP contribution < -0.4 is 4.90 Å². The molecule has 7 nitrogen and oxygen atoms in total. The molecule has 1 aliphatic heterocycles. The van der Waals surface area contributed by atoms with Crippen LogP contribution in [0, 0.1) is 16.0 Å². The van der Waals surface area contributed by atoms with E-state index in [1.807, 2.05) is 4.90 Å². The lowest BCUT2D eigenvalue weighted by molar-refractivity contribution is -0.384. The molecule has 1 aromatic carbocycles. The van der Waals surface area contributed by atoms with Crippen LogP contribution in [0.4, 0.5) is 11.4 Å². The Balaban J connectivity index is 2.41. The highest BCUT2D eigenvalue weighted by molar-refractivity contribution is 7.90. The maximum atomic E-state index is 11.5. The van der Waals surface area contributed by atoms with E-state index in [2.05, 4.69) is 0 Å². The molecule has 1 N–H and O–H groups in total. The monoisotopic (exact) mass is 314 g/mol. The lowest BCUT2D eigenvalue weighted by Gasteiger charge is -2.33. The third-order valence-electron chi connectivity index (χ3n) is 3.69. The summed E-state index contributed by atoms with van der Waals surface area (Å²) in [5.41, 5.74) is 0.196. The van der Waals surface area contributed by atoms with Gasteiger partial charge in [0, 0.05) is 32.0 Å². The summed E-state index contributed by atoms with van der Waals surface area (Å²) >= 11 is 0. The molecule has 0 spiro atoms. The highest BCUT2D eigenvalue weighted by Crippen LogP contribution is 2.33. The third-order valence-corrected chi connectivity index (χ3v) is 4.80. The summed E-state index contributed by atoms with van der Waals surface area (Å²) in [7, 11) is -3.48. The molecule has 0 aliphatic carbocycles. The fraction of sp³-hybridized carbons (Fsp3) is 0.538. The van der Waals surface area contributed by atoms with E-state index in [0.29, 0.717) is 18.8 Å². The molecular formula is C13H18N2O5S. The van der Waals surface area contributed by atoms with Crippen LogP contribution in [0.25, 0.3) is 0 Å². The number of nitro groups is 1. The standard InChI is InChI=1S/C13H18N2O5S/c1-21(19,20)11-4-5-12(13(7-11)15(17)18)14-6-2-3-10(8-14)9-16/h4-5,7,10,16H,2-3,6,8-9H2,1H3. The second-order valence-electron chi connectivity index (χ2n) is 5.32. The summed E-state index contributed by atoms with van der Waals surface area (Å²) < 4.78 is 23.0. The Morgan fingerprint density at radius 2 is 2.19 bits per heavy atom. The minimum absolute atomic E-state index is 0.0473. The predicted molar refractivity (Wildman–Crippen MR) is 78.2 cm³/mol. The van der Waals surface area contributed by atoms with Crippen molar-refractivity contribution >= 4 is 21.2 Å². The summed E-state index contributed by atoms with van der Waals surface area (Å²) in [6.45, 7) is 1.25. The zero-order valence-electron chi connectivity index (χ0n) is 11.7. The first-order valence-electron chi connectivity index (χ1n) is 6.67. The summed E-state index contributed by atoms with van der Waals surface area (Å²) in [6.07, 6.45) is 2.76. The zero-order chi connectivity index (χ0) is 15.6. The molecule has 0 amide bonds. The van der Waals surface area contributed by atoms with Crippen LogP contribution in [0.5, 0.6) is 0 Å². The molecule has 1 aromatic rings. The van der Waals surface area contributed by atoms with Gasteiger partial charge in [0.15, 0.2) is 9.84 Å². The lowest BCUT2D eigenvalue weighted by Crippen LogP contribution is -2.37. The number of benzene rings is 1. The molecule has 0 saturated carbocycles. The molecule has 0 aromatic heterocycles. The number of aliphatic hydroxyl groups excluding tert-OH is 1. The van der Waals surface area contributed by atoms with Gasteiger partial charge in [-0.2, -0.15) is 0 Å². The van der Waals surface area contributed by atoms with Crippen molar-refractivity contribution in [2.45, 2.75) is 17.7 Å². The SMILES string of the molecule is CS(=O)(=O)c1ccc(N2CCCC(CO)C2)c([N+](=O)[O-])c1. The van der Waals surface area contributed by atoms with Crippen molar-refractivity contribution < 1.29 is 18.4 Å². The second-order valence-corrected chi connectivity index (χ2v) is 7.33. The Morgan fingerprint density at radius 1 is 1.48 bits per heavy atom. The van der Waals surface area contributed by atoms with Crippen LogP contribution in [-0.2, 0) is 9.84 Å². The van der Waals surface area contributed by atoms with E-state index < -0.39 is 14.8 Å². The van der Waals surface area contributed by atoms with E-state index in [-0.39, 0.29) is 23.1 Å². The van der Waals surface area contributed by atoms with Crippen molar-refractivity contribution in [1.82, 2.24) is 0 Å². The minimum atomic E-state index is -3.48. The average molecular weight is 314 g/mol. The number of hydrogen-bond donors (Lipinski definition) is 1. The molecule has 8 heteroatoms. The number of aliphatic hydroxyl groups is 1. The first kappa shape index (κ1) is 15.7. The third kappa shape index (κ3) is 3.51. The van der Waals surface area contributed by atoms with Gasteiger partial charge >= 0.3 is 0 Å². The van der Waals surface area contributed by atoms with Crippen molar-refractivity contribution in [3.05, 3.63) is 28.3 Å². The number of nitro benzene ring substituents is 1. The van der Waals surface area contributed by atoms with Gasteiger partial charge < -0.3 is 10.0 Å². The Hall–Kier alpha value is -1.67. The Labute approximate surface area is 123 Å². The molecular weight excluding hydrogens is 296 g/mol. The van der Waals surface area contributed by atoms with Crippen molar-refractivity contribution in [2.75, 3.05) is 30.9 Å². The summed E-state index contributed by atoms with van der Waals surface area (Å²) in [6, 6.07) is 3.97. The zero-order valence-corrected chi connectivity index (χ0v) is 12.5. The minimum Gasteiger partial charge on any atom is -0.396 e. The predicted octanol–water partition coefficient (Wildman–Crippen LogP) is 1.21. The van der Waals surface area contributed by atoms with Crippen LogP contribution in [-0.4, -0.2) is 44.4 Å². The number of rotatable bonds is 4. The van der Waals surface area contributed by atoms with Gasteiger partial charge in [0.1, 0.15) is 5.69 Å². The van der Waals surface area contributed by atoms with Crippen molar-refractivity contribution in [3.63, 3.8) is 0 Å². The molecule has 1 heterocycles. The van der Waals surface area contributed by atoms with E-state index in [9.17, 15) is 23.6 Å². The fourth-order valence-corrected chi connectivity index (χ4v) is 3.22. The molecule has 1 unspecified atom stereocenters. The molecule has 1 atom stereocenters. The Bertz CT molecular complexity index is 644. The normalized spacial score (nSPS) is 19.5. The van der Waals surface area contributed by atoms with E-state index in [4.69, 9.17) is 0 Å². The lowest BCUT2D eigenvalue weighted by atomic mass is 9.98. The molecule has 0 radical (unpaired) electrons. The van der Waals surface area contributed by atoms with Gasteiger partial charge in [0.25, 0.3) is 5.69 Å². The highest BCUT2D eigenvalue weighted by atomic mass is 32.2. The van der Waals surface area contributed by atoms with Crippen molar-refractivity contribution in [3.8, 4) is 0 Å². The van der Waals surface area contributed by atoms with Gasteiger partial charge in [-0.25, -0.2) is 8.42 Å². The van der Waals surface area contributed by atoms with E-state index in [1.54, 1.807) is 0 Å². The topological polar surface area (TPSA) is 101 Å². The quantitative estimate of drug-likeness (QED) is 0.662. The summed E-state index contributed by atoms with van der Waals surface area (Å²) in [5.74, 6) is 0.0907. The first-order valence-corrected chi connectivity index (χ1v) is 8.56. The molecule has 1 saturated heterocycles. The Kier molecular flexibility index (Phi) is 4.48. The largest absolute Gasteiger partial charge is 0.396 e. The van der Waals surface area contributed by atoms with Crippen molar-refractivity contribution in [1.29, 1.82) is 0 Å². The smallest absolute Gasteiger partial charge is 0.293 e. The van der Waals surface area contributed by atoms with Crippen LogP contribution in [0.15, 0.2) is 23.1 Å². The van der Waals surface area contributed by atoms with Crippen LogP contribution in [0.3, 0.4) is 0 Å². The van der Waals surface area contributed by atoms with Gasteiger partial charge in [-0.05, 0) is 30.9 Å². The average Bonchev–Trinajstić information content (AvgIpc) is 2.45. The van der Waals surface area contributed by atoms with Gasteiger partial charge in [0.05, 0.1) is 9.82 Å².